The van der Waals surface area contributed by atoms with Crippen molar-refractivity contribution in [3.63, 3.8) is 0 Å². The summed E-state index contributed by atoms with van der Waals surface area (Å²) in [4.78, 5) is 27.4. The third-order valence-corrected chi connectivity index (χ3v) is 6.83. The number of amides is 1. The van der Waals surface area contributed by atoms with Crippen molar-refractivity contribution >= 4 is 34.2 Å². The van der Waals surface area contributed by atoms with E-state index in [-0.39, 0.29) is 5.91 Å². The van der Waals surface area contributed by atoms with E-state index in [0.717, 1.165) is 34.6 Å². The van der Waals surface area contributed by atoms with E-state index in [9.17, 15) is 4.79 Å². The molecule has 1 aromatic carbocycles. The number of nitrogens with zero attached hydrogens (tertiary/aromatic N) is 4. The van der Waals surface area contributed by atoms with Crippen molar-refractivity contribution in [3.8, 4) is 10.7 Å². The average molecular weight is 418 g/mol. The molecule has 3 aromatic heterocycles. The Balaban J connectivity index is 1.49. The topological polar surface area (TPSA) is 72.7 Å². The summed E-state index contributed by atoms with van der Waals surface area (Å²) in [5.74, 6) is 0.458. The number of benzene rings is 1. The number of para-hydroxylation sites is 2. The van der Waals surface area contributed by atoms with Gasteiger partial charge in [-0.1, -0.05) is 37.5 Å². The van der Waals surface area contributed by atoms with E-state index in [2.05, 4.69) is 25.9 Å². The van der Waals surface area contributed by atoms with E-state index < -0.39 is 0 Å². The Morgan fingerprint density at radius 2 is 1.87 bits per heavy atom. The van der Waals surface area contributed by atoms with E-state index in [1.165, 1.54) is 30.6 Å². The predicted molar refractivity (Wildman–Crippen MR) is 120 cm³/mol. The molecule has 0 saturated heterocycles. The second kappa shape index (κ2) is 7.99. The number of imidazole rings is 1. The molecule has 0 atom stereocenters. The number of nitrogens with one attached hydrogen (secondary N) is 1. The van der Waals surface area contributed by atoms with E-state index in [4.69, 9.17) is 4.98 Å². The summed E-state index contributed by atoms with van der Waals surface area (Å²) < 4.78 is 2.22. The lowest BCUT2D eigenvalue weighted by Crippen LogP contribution is -2.19. The Bertz CT molecular complexity index is 1190. The van der Waals surface area contributed by atoms with Crippen molar-refractivity contribution in [1.29, 1.82) is 0 Å². The molecule has 6 nitrogen and oxygen atoms in total. The molecule has 3 heterocycles. The molecule has 30 heavy (non-hydrogen) atoms. The summed E-state index contributed by atoms with van der Waals surface area (Å²) >= 11 is 1.37. The van der Waals surface area contributed by atoms with Crippen LogP contribution in [0.5, 0.6) is 0 Å². The largest absolute Gasteiger partial charge is 0.307 e. The number of hydrogen-bond acceptors (Lipinski definition) is 5. The average Bonchev–Trinajstić information content (AvgIpc) is 3.35. The first-order valence-corrected chi connectivity index (χ1v) is 11.2. The molecule has 0 unspecified atom stereocenters. The van der Waals surface area contributed by atoms with Gasteiger partial charge in [0, 0.05) is 12.2 Å². The van der Waals surface area contributed by atoms with Crippen molar-refractivity contribution < 1.29 is 4.79 Å². The van der Waals surface area contributed by atoms with Gasteiger partial charge in [-0.25, -0.2) is 9.97 Å². The smallest absolute Gasteiger partial charge is 0.269 e. The summed E-state index contributed by atoms with van der Waals surface area (Å²) in [6, 6.07) is 14.2. The molecule has 4 aromatic rings. The number of pyridine rings is 1. The second-order valence-electron chi connectivity index (χ2n) is 7.69. The van der Waals surface area contributed by atoms with Crippen molar-refractivity contribution in [1.82, 2.24) is 19.5 Å². The third kappa shape index (κ3) is 3.50. The van der Waals surface area contributed by atoms with Crippen LogP contribution in [-0.2, 0) is 0 Å². The van der Waals surface area contributed by atoms with Crippen LogP contribution in [-0.4, -0.2) is 25.4 Å². The van der Waals surface area contributed by atoms with Gasteiger partial charge >= 0.3 is 0 Å². The standard InChI is InChI=1S/C23H23N5OS/c1-15-20(30-22(25-15)18-12-7-8-14-24-18)21(29)27-23-26-17-11-5-6-13-19(17)28(23)16-9-3-2-4-10-16/h5-8,11-14,16H,2-4,9-10H2,1H3,(H,26,27,29). The Kier molecular flexibility index (Phi) is 5.04. The lowest BCUT2D eigenvalue weighted by Gasteiger charge is -2.25. The van der Waals surface area contributed by atoms with E-state index >= 15 is 0 Å². The summed E-state index contributed by atoms with van der Waals surface area (Å²) in [5, 5.41) is 3.83. The zero-order valence-corrected chi connectivity index (χ0v) is 17.7. The lowest BCUT2D eigenvalue weighted by atomic mass is 9.95. The number of carbonyl (C=O) groups excluding carboxylic acids is 1. The first-order valence-electron chi connectivity index (χ1n) is 10.4. The number of fused-ring (bicyclic) bond motifs is 1. The van der Waals surface area contributed by atoms with E-state index in [0.29, 0.717) is 22.6 Å². The van der Waals surface area contributed by atoms with Gasteiger partial charge in [0.2, 0.25) is 5.95 Å². The monoisotopic (exact) mass is 417 g/mol. The fourth-order valence-electron chi connectivity index (χ4n) is 4.21. The number of aryl methyl sites for hydroxylation is 1. The van der Waals surface area contributed by atoms with Crippen LogP contribution in [0.25, 0.3) is 21.7 Å². The molecule has 1 aliphatic rings. The highest BCUT2D eigenvalue weighted by molar-refractivity contribution is 7.17. The molecule has 1 N–H and O–H groups in total. The number of aromatic nitrogens is 4. The van der Waals surface area contributed by atoms with Crippen LogP contribution < -0.4 is 5.32 Å². The fraction of sp³-hybridized carbons (Fsp3) is 0.304. The minimum Gasteiger partial charge on any atom is -0.307 e. The lowest BCUT2D eigenvalue weighted by molar-refractivity contribution is 0.102. The third-order valence-electron chi connectivity index (χ3n) is 5.65. The molecule has 0 spiro atoms. The number of thiazole rings is 1. The number of anilines is 1. The van der Waals surface area contributed by atoms with Crippen molar-refractivity contribution in [2.45, 2.75) is 45.1 Å². The molecular formula is C23H23N5OS. The summed E-state index contributed by atoms with van der Waals surface area (Å²) in [6.45, 7) is 1.86. The van der Waals surface area contributed by atoms with Crippen molar-refractivity contribution in [3.05, 3.63) is 59.2 Å². The minimum absolute atomic E-state index is 0.167. The van der Waals surface area contributed by atoms with E-state index in [1.807, 2.05) is 43.3 Å². The molecule has 5 rings (SSSR count). The van der Waals surface area contributed by atoms with Crippen LogP contribution in [0.3, 0.4) is 0 Å². The second-order valence-corrected chi connectivity index (χ2v) is 8.69. The van der Waals surface area contributed by atoms with E-state index in [1.54, 1.807) is 6.20 Å². The van der Waals surface area contributed by atoms with Crippen molar-refractivity contribution in [2.75, 3.05) is 5.32 Å². The fourth-order valence-corrected chi connectivity index (χ4v) is 5.14. The van der Waals surface area contributed by atoms with Gasteiger partial charge in [0.1, 0.15) is 9.88 Å². The quantitative estimate of drug-likeness (QED) is 0.468. The van der Waals surface area contributed by atoms with Gasteiger partial charge in [0.15, 0.2) is 0 Å². The van der Waals surface area contributed by atoms with Crippen LogP contribution >= 0.6 is 11.3 Å². The van der Waals surface area contributed by atoms with Gasteiger partial charge in [0.25, 0.3) is 5.91 Å². The first-order chi connectivity index (χ1) is 14.7. The van der Waals surface area contributed by atoms with Gasteiger partial charge in [-0.05, 0) is 44.0 Å². The van der Waals surface area contributed by atoms with Gasteiger partial charge in [0.05, 0.1) is 22.4 Å². The minimum atomic E-state index is -0.167. The maximum Gasteiger partial charge on any atom is 0.269 e. The summed E-state index contributed by atoms with van der Waals surface area (Å²) in [6.07, 6.45) is 7.68. The predicted octanol–water partition coefficient (Wildman–Crippen LogP) is 5.62. The molecule has 152 valence electrons. The number of hydrogen-bond donors (Lipinski definition) is 1. The SMILES string of the molecule is Cc1nc(-c2ccccn2)sc1C(=O)Nc1nc2ccccc2n1C1CCCCC1. The zero-order valence-electron chi connectivity index (χ0n) is 16.8. The van der Waals surface area contributed by atoms with Crippen LogP contribution in [0.15, 0.2) is 48.7 Å². The normalized spacial score (nSPS) is 14.8. The van der Waals surface area contributed by atoms with Crippen LogP contribution in [0.4, 0.5) is 5.95 Å². The Labute approximate surface area is 179 Å². The summed E-state index contributed by atoms with van der Waals surface area (Å²) in [5.41, 5.74) is 3.47. The first kappa shape index (κ1) is 18.9. The summed E-state index contributed by atoms with van der Waals surface area (Å²) in [7, 11) is 0. The van der Waals surface area contributed by atoms with Gasteiger partial charge < -0.3 is 4.57 Å². The molecule has 7 heteroatoms. The van der Waals surface area contributed by atoms with Crippen molar-refractivity contribution in [2.24, 2.45) is 0 Å². The molecule has 0 radical (unpaired) electrons. The number of rotatable bonds is 4. The Morgan fingerprint density at radius 1 is 1.07 bits per heavy atom. The highest BCUT2D eigenvalue weighted by Gasteiger charge is 2.24. The van der Waals surface area contributed by atoms with Gasteiger partial charge in [-0.2, -0.15) is 0 Å². The highest BCUT2D eigenvalue weighted by Crippen LogP contribution is 2.35. The molecule has 0 bridgehead atoms. The molecule has 0 aliphatic heterocycles. The molecule has 1 fully saturated rings. The van der Waals surface area contributed by atoms with Crippen LogP contribution in [0.2, 0.25) is 0 Å². The van der Waals surface area contributed by atoms with Crippen LogP contribution in [0, 0.1) is 6.92 Å². The van der Waals surface area contributed by atoms with Gasteiger partial charge in [-0.15, -0.1) is 11.3 Å². The molecular weight excluding hydrogens is 394 g/mol. The Morgan fingerprint density at radius 3 is 2.67 bits per heavy atom. The maximum absolute atomic E-state index is 13.2. The molecule has 1 amide bonds. The van der Waals surface area contributed by atoms with Crippen LogP contribution in [0.1, 0.15) is 53.5 Å². The Hall–Kier alpha value is -3.06. The maximum atomic E-state index is 13.2. The molecule has 1 saturated carbocycles. The zero-order chi connectivity index (χ0) is 20.5. The number of carbonyl (C=O) groups is 1. The highest BCUT2D eigenvalue weighted by atomic mass is 32.1. The van der Waals surface area contributed by atoms with Gasteiger partial charge in [-0.3, -0.25) is 15.1 Å². The molecule has 1 aliphatic carbocycles.